The second-order valence-corrected chi connectivity index (χ2v) is 10.2. The topological polar surface area (TPSA) is 73.2 Å². The maximum absolute atomic E-state index is 13.5. The van der Waals surface area contributed by atoms with Crippen molar-refractivity contribution < 1.29 is 9.59 Å². The Kier molecular flexibility index (Phi) is 7.42. The number of carbonyl (C=O) groups is 2. The van der Waals surface area contributed by atoms with Crippen LogP contribution in [0.5, 0.6) is 0 Å². The van der Waals surface area contributed by atoms with Crippen LogP contribution in [-0.4, -0.2) is 17.1 Å². The summed E-state index contributed by atoms with van der Waals surface area (Å²) < 4.78 is 0.870. The van der Waals surface area contributed by atoms with E-state index in [2.05, 4.69) is 21.2 Å². The first-order valence-electron chi connectivity index (χ1n) is 10.4. The lowest BCUT2D eigenvalue weighted by Gasteiger charge is -2.19. The smallest absolute Gasteiger partial charge is 0.269 e. The molecule has 34 heavy (non-hydrogen) atoms. The van der Waals surface area contributed by atoms with Crippen LogP contribution in [0.15, 0.2) is 87.9 Å². The van der Waals surface area contributed by atoms with E-state index in [4.69, 9.17) is 11.6 Å². The lowest BCUT2D eigenvalue weighted by atomic mass is 10.1. The molecule has 3 aromatic carbocycles. The Morgan fingerprint density at radius 1 is 1.12 bits per heavy atom. The lowest BCUT2D eigenvalue weighted by molar-refractivity contribution is -0.117. The summed E-state index contributed by atoms with van der Waals surface area (Å²) in [5, 5.41) is 13.1. The Labute approximate surface area is 215 Å². The molecule has 1 heterocycles. The highest BCUT2D eigenvalue weighted by atomic mass is 79.9. The van der Waals surface area contributed by atoms with Crippen molar-refractivity contribution in [2.75, 3.05) is 10.2 Å². The minimum absolute atomic E-state index is 0.122. The van der Waals surface area contributed by atoms with E-state index in [1.165, 1.54) is 16.7 Å². The average molecular weight is 553 g/mol. The molecule has 170 valence electrons. The second kappa shape index (κ2) is 10.5. The van der Waals surface area contributed by atoms with Crippen molar-refractivity contribution in [1.29, 1.82) is 5.26 Å². The number of nitrogens with zero attached hydrogens (tertiary/aromatic N) is 2. The van der Waals surface area contributed by atoms with Gasteiger partial charge in [-0.15, -0.1) is 0 Å². The van der Waals surface area contributed by atoms with Crippen molar-refractivity contribution >= 4 is 62.5 Å². The minimum atomic E-state index is -0.573. The Hall–Kier alpha value is -3.05. The first-order valence-corrected chi connectivity index (χ1v) is 12.4. The molecular formula is C26H19BrClN3O2S. The van der Waals surface area contributed by atoms with Gasteiger partial charge in [-0.3, -0.25) is 14.5 Å². The molecule has 1 unspecified atom stereocenters. The van der Waals surface area contributed by atoms with E-state index in [9.17, 15) is 14.9 Å². The molecule has 1 saturated heterocycles. The van der Waals surface area contributed by atoms with Gasteiger partial charge in [-0.1, -0.05) is 75.2 Å². The number of aryl methyl sites for hydroxylation is 1. The third kappa shape index (κ3) is 5.20. The number of benzene rings is 3. The minimum Gasteiger partial charge on any atom is -0.321 e. The van der Waals surface area contributed by atoms with Gasteiger partial charge in [0.15, 0.2) is 0 Å². The fourth-order valence-electron chi connectivity index (χ4n) is 3.51. The van der Waals surface area contributed by atoms with Crippen LogP contribution in [0.1, 0.15) is 11.1 Å². The molecule has 1 N–H and O–H groups in total. The Balaban J connectivity index is 1.73. The third-order valence-electron chi connectivity index (χ3n) is 5.26. The van der Waals surface area contributed by atoms with Gasteiger partial charge in [0.2, 0.25) is 5.91 Å². The van der Waals surface area contributed by atoms with Gasteiger partial charge in [0, 0.05) is 20.9 Å². The summed E-state index contributed by atoms with van der Waals surface area (Å²) in [4.78, 5) is 28.1. The first-order chi connectivity index (χ1) is 16.4. The molecule has 1 atom stereocenters. The van der Waals surface area contributed by atoms with Crippen molar-refractivity contribution in [1.82, 2.24) is 0 Å². The quantitative estimate of drug-likeness (QED) is 0.291. The zero-order chi connectivity index (χ0) is 24.2. The van der Waals surface area contributed by atoms with Crippen LogP contribution in [0, 0.1) is 18.3 Å². The number of anilines is 2. The summed E-state index contributed by atoms with van der Waals surface area (Å²) in [6.07, 6.45) is 0.377. The highest BCUT2D eigenvalue weighted by Crippen LogP contribution is 2.42. The van der Waals surface area contributed by atoms with E-state index in [0.717, 1.165) is 15.6 Å². The summed E-state index contributed by atoms with van der Waals surface area (Å²) in [5.41, 5.74) is 2.89. The van der Waals surface area contributed by atoms with Gasteiger partial charge >= 0.3 is 0 Å². The van der Waals surface area contributed by atoms with Gasteiger partial charge in [0.25, 0.3) is 5.91 Å². The van der Waals surface area contributed by atoms with Crippen molar-refractivity contribution in [3.63, 3.8) is 0 Å². The van der Waals surface area contributed by atoms with Crippen LogP contribution in [0.3, 0.4) is 0 Å². The number of hydrogen-bond donors (Lipinski definition) is 1. The molecule has 0 spiro atoms. The van der Waals surface area contributed by atoms with Crippen molar-refractivity contribution in [3.8, 4) is 6.07 Å². The zero-order valence-electron chi connectivity index (χ0n) is 18.1. The van der Waals surface area contributed by atoms with Crippen LogP contribution in [0.4, 0.5) is 11.4 Å². The van der Waals surface area contributed by atoms with Crippen LogP contribution in [0.25, 0.3) is 0 Å². The van der Waals surface area contributed by atoms with E-state index >= 15 is 0 Å². The molecule has 5 nitrogen and oxygen atoms in total. The van der Waals surface area contributed by atoms with Crippen LogP contribution in [-0.2, 0) is 16.0 Å². The molecule has 1 aliphatic rings. The van der Waals surface area contributed by atoms with E-state index < -0.39 is 11.2 Å². The molecule has 0 bridgehead atoms. The molecule has 1 aliphatic heterocycles. The molecule has 3 aromatic rings. The maximum Gasteiger partial charge on any atom is 0.269 e. The van der Waals surface area contributed by atoms with E-state index in [0.29, 0.717) is 27.8 Å². The van der Waals surface area contributed by atoms with Crippen LogP contribution < -0.4 is 10.2 Å². The number of rotatable bonds is 5. The normalized spacial score (nSPS) is 16.8. The Morgan fingerprint density at radius 2 is 1.79 bits per heavy atom. The van der Waals surface area contributed by atoms with Gasteiger partial charge in [0.05, 0.1) is 5.25 Å². The Morgan fingerprint density at radius 3 is 2.44 bits per heavy atom. The molecule has 2 amide bonds. The van der Waals surface area contributed by atoms with Crippen molar-refractivity contribution in [3.05, 3.63) is 104 Å². The predicted octanol–water partition coefficient (Wildman–Crippen LogP) is 6.48. The predicted molar refractivity (Wildman–Crippen MR) is 141 cm³/mol. The maximum atomic E-state index is 13.5. The van der Waals surface area contributed by atoms with E-state index in [1.54, 1.807) is 30.3 Å². The SMILES string of the molecule is Cc1ccc(N2C(=O)C(Cc3ccccc3Cl)S/C2=C(/C#N)C(=O)Nc2ccc(Br)cc2)cc1. The molecule has 0 aromatic heterocycles. The fraction of sp³-hybridized carbons (Fsp3) is 0.115. The monoisotopic (exact) mass is 551 g/mol. The van der Waals surface area contributed by atoms with Crippen LogP contribution >= 0.6 is 39.3 Å². The number of carbonyl (C=O) groups excluding carboxylic acids is 2. The number of halogens is 2. The second-order valence-electron chi connectivity index (χ2n) is 7.66. The van der Waals surface area contributed by atoms with Gasteiger partial charge in [0.1, 0.15) is 16.7 Å². The highest BCUT2D eigenvalue weighted by Gasteiger charge is 2.41. The zero-order valence-corrected chi connectivity index (χ0v) is 21.2. The number of nitrogens with one attached hydrogen (secondary N) is 1. The largest absolute Gasteiger partial charge is 0.321 e. The summed E-state index contributed by atoms with van der Waals surface area (Å²) in [5.74, 6) is -0.774. The van der Waals surface area contributed by atoms with E-state index in [-0.39, 0.29) is 11.5 Å². The summed E-state index contributed by atoms with van der Waals surface area (Å²) in [7, 11) is 0. The average Bonchev–Trinajstić information content (AvgIpc) is 3.13. The molecule has 0 aliphatic carbocycles. The van der Waals surface area contributed by atoms with Crippen molar-refractivity contribution in [2.45, 2.75) is 18.6 Å². The van der Waals surface area contributed by atoms with Crippen molar-refractivity contribution in [2.24, 2.45) is 0 Å². The van der Waals surface area contributed by atoms with Gasteiger partial charge in [-0.2, -0.15) is 5.26 Å². The highest BCUT2D eigenvalue weighted by molar-refractivity contribution is 9.10. The summed E-state index contributed by atoms with van der Waals surface area (Å²) in [6.45, 7) is 1.95. The third-order valence-corrected chi connectivity index (χ3v) is 7.42. The Bertz CT molecular complexity index is 1320. The van der Waals surface area contributed by atoms with Gasteiger partial charge in [-0.05, 0) is 61.4 Å². The summed E-state index contributed by atoms with van der Waals surface area (Å²) >= 11 is 10.9. The van der Waals surface area contributed by atoms with Gasteiger partial charge in [-0.25, -0.2) is 0 Å². The standard InChI is InChI=1S/C26H19BrClN3O2S/c1-16-6-12-20(13-7-16)31-25(33)23(14-17-4-2-3-5-22(17)28)34-26(31)21(15-29)24(32)30-19-10-8-18(27)9-11-19/h2-13,23H,14H2,1H3,(H,30,32)/b26-21-. The van der Waals surface area contributed by atoms with E-state index in [1.807, 2.05) is 55.5 Å². The summed E-state index contributed by atoms with van der Waals surface area (Å²) in [6, 6.07) is 23.8. The van der Waals surface area contributed by atoms with Gasteiger partial charge < -0.3 is 5.32 Å². The lowest BCUT2D eigenvalue weighted by Crippen LogP contribution is -2.31. The fourth-order valence-corrected chi connectivity index (χ4v) is 5.28. The molecule has 0 saturated carbocycles. The number of thioether (sulfide) groups is 1. The number of nitriles is 1. The number of amides is 2. The molecule has 1 fully saturated rings. The first kappa shape index (κ1) is 24.1. The van der Waals surface area contributed by atoms with Crippen LogP contribution in [0.2, 0.25) is 5.02 Å². The molecule has 0 radical (unpaired) electrons. The molecular weight excluding hydrogens is 534 g/mol. The number of hydrogen-bond acceptors (Lipinski definition) is 4. The molecule has 8 heteroatoms. The molecule has 4 rings (SSSR count).